The van der Waals surface area contributed by atoms with Gasteiger partial charge in [0.15, 0.2) is 6.61 Å². The summed E-state index contributed by atoms with van der Waals surface area (Å²) in [5.41, 5.74) is 3.49. The molecule has 0 radical (unpaired) electrons. The molecule has 6 heteroatoms. The first kappa shape index (κ1) is 26.3. The van der Waals surface area contributed by atoms with Gasteiger partial charge in [-0.05, 0) is 69.0 Å². The Kier molecular flexibility index (Phi) is 9.99. The quantitative estimate of drug-likeness (QED) is 0.200. The maximum absolute atomic E-state index is 12.0. The van der Waals surface area contributed by atoms with E-state index in [0.29, 0.717) is 18.9 Å². The van der Waals surface area contributed by atoms with E-state index in [9.17, 15) is 4.79 Å². The molecule has 1 N–H and O–H groups in total. The Balaban J connectivity index is 1.16. The van der Waals surface area contributed by atoms with E-state index in [0.717, 1.165) is 62.2 Å². The Bertz CT molecular complexity index is 1240. The normalized spacial score (nSPS) is 10.9. The van der Waals surface area contributed by atoms with Crippen LogP contribution in [0, 0.1) is 6.92 Å². The van der Waals surface area contributed by atoms with Crippen LogP contribution in [-0.4, -0.2) is 35.2 Å². The minimum Gasteiger partial charge on any atom is -0.494 e. The van der Waals surface area contributed by atoms with Gasteiger partial charge in [0.2, 0.25) is 0 Å². The van der Waals surface area contributed by atoms with E-state index in [4.69, 9.17) is 14.5 Å². The number of aromatic nitrogens is 2. The van der Waals surface area contributed by atoms with E-state index in [1.54, 1.807) is 0 Å². The van der Waals surface area contributed by atoms with Crippen molar-refractivity contribution in [1.29, 1.82) is 0 Å². The molecule has 4 rings (SSSR count). The van der Waals surface area contributed by atoms with Crippen LogP contribution in [0.2, 0.25) is 0 Å². The van der Waals surface area contributed by atoms with Gasteiger partial charge >= 0.3 is 0 Å². The van der Waals surface area contributed by atoms with E-state index in [2.05, 4.69) is 47.1 Å². The molecule has 3 aromatic carbocycles. The maximum Gasteiger partial charge on any atom is 0.257 e. The van der Waals surface area contributed by atoms with Crippen LogP contribution in [0.15, 0.2) is 78.9 Å². The molecule has 0 atom stereocenters. The molecule has 0 spiro atoms. The van der Waals surface area contributed by atoms with E-state index in [-0.39, 0.29) is 12.5 Å². The number of nitrogens with one attached hydrogen (secondary N) is 1. The van der Waals surface area contributed by atoms with Gasteiger partial charge in [-0.15, -0.1) is 0 Å². The number of para-hydroxylation sites is 3. The van der Waals surface area contributed by atoms with Crippen molar-refractivity contribution in [2.45, 2.75) is 52.0 Å². The van der Waals surface area contributed by atoms with Gasteiger partial charge in [0.1, 0.15) is 17.3 Å². The number of imidazole rings is 1. The number of rotatable bonds is 15. The predicted octanol–water partition coefficient (Wildman–Crippen LogP) is 6.11. The molecule has 0 aliphatic rings. The zero-order valence-electron chi connectivity index (χ0n) is 21.7. The lowest BCUT2D eigenvalue weighted by molar-refractivity contribution is -0.123. The highest BCUT2D eigenvalue weighted by Crippen LogP contribution is 2.19. The molecule has 0 fully saturated rings. The molecule has 0 saturated carbocycles. The maximum atomic E-state index is 12.0. The number of aryl methyl sites for hydroxylation is 3. The topological polar surface area (TPSA) is 65.4 Å². The third-order valence-electron chi connectivity index (χ3n) is 6.31. The van der Waals surface area contributed by atoms with Crippen LogP contribution in [0.3, 0.4) is 0 Å². The van der Waals surface area contributed by atoms with Gasteiger partial charge < -0.3 is 19.4 Å². The van der Waals surface area contributed by atoms with Gasteiger partial charge in [0.25, 0.3) is 5.91 Å². The fourth-order valence-corrected chi connectivity index (χ4v) is 4.29. The van der Waals surface area contributed by atoms with Crippen molar-refractivity contribution < 1.29 is 14.3 Å². The number of fused-ring (bicyclic) bond motifs is 1. The summed E-state index contributed by atoms with van der Waals surface area (Å²) in [6, 6.07) is 26.0. The number of benzene rings is 3. The summed E-state index contributed by atoms with van der Waals surface area (Å²) < 4.78 is 13.7. The van der Waals surface area contributed by atoms with Crippen LogP contribution in [0.25, 0.3) is 11.0 Å². The SMILES string of the molecule is Cc1ccc(OCCCCn2c(CCCCCNC(=O)COc3ccccc3)nc3ccccc32)cc1. The van der Waals surface area contributed by atoms with Crippen molar-refractivity contribution in [3.05, 3.63) is 90.3 Å². The molecule has 0 aliphatic carbocycles. The predicted molar refractivity (Wildman–Crippen MR) is 148 cm³/mol. The van der Waals surface area contributed by atoms with Gasteiger partial charge in [-0.2, -0.15) is 0 Å². The zero-order chi connectivity index (χ0) is 25.7. The molecule has 1 amide bonds. The molecular weight excluding hydrogens is 462 g/mol. The van der Waals surface area contributed by atoms with Crippen LogP contribution in [0.5, 0.6) is 11.5 Å². The number of hydrogen-bond acceptors (Lipinski definition) is 4. The molecular formula is C31H37N3O3. The molecule has 0 bridgehead atoms. The molecule has 0 saturated heterocycles. The van der Waals surface area contributed by atoms with Crippen LogP contribution < -0.4 is 14.8 Å². The van der Waals surface area contributed by atoms with Gasteiger partial charge in [-0.3, -0.25) is 4.79 Å². The smallest absolute Gasteiger partial charge is 0.257 e. The summed E-state index contributed by atoms with van der Waals surface area (Å²) in [6.45, 7) is 4.44. The molecule has 0 aliphatic heterocycles. The Morgan fingerprint density at radius 2 is 1.57 bits per heavy atom. The molecule has 1 heterocycles. The van der Waals surface area contributed by atoms with Crippen LogP contribution >= 0.6 is 0 Å². The van der Waals surface area contributed by atoms with Crippen molar-refractivity contribution >= 4 is 16.9 Å². The van der Waals surface area contributed by atoms with Crippen LogP contribution in [-0.2, 0) is 17.8 Å². The number of carbonyl (C=O) groups is 1. The second-order valence-corrected chi connectivity index (χ2v) is 9.30. The lowest BCUT2D eigenvalue weighted by Gasteiger charge is -2.11. The second kappa shape index (κ2) is 14.1. The average molecular weight is 500 g/mol. The summed E-state index contributed by atoms with van der Waals surface area (Å²) in [6.07, 6.45) is 5.97. The minimum atomic E-state index is -0.0861. The Hall–Kier alpha value is -3.80. The number of amides is 1. The van der Waals surface area contributed by atoms with E-state index in [1.807, 2.05) is 48.5 Å². The summed E-state index contributed by atoms with van der Waals surface area (Å²) >= 11 is 0. The fourth-order valence-electron chi connectivity index (χ4n) is 4.29. The lowest BCUT2D eigenvalue weighted by Crippen LogP contribution is -2.29. The van der Waals surface area contributed by atoms with Gasteiger partial charge in [0.05, 0.1) is 17.6 Å². The number of hydrogen-bond donors (Lipinski definition) is 1. The second-order valence-electron chi connectivity index (χ2n) is 9.30. The standard InChI is InChI=1S/C31H37N3O3/c1-25-17-19-27(20-18-25)36-23-11-10-22-34-29-15-8-7-14-28(29)33-30(34)16-6-3-9-21-32-31(35)24-37-26-12-4-2-5-13-26/h2,4-5,7-8,12-15,17-20H,3,6,9-11,16,21-24H2,1H3,(H,32,35). The lowest BCUT2D eigenvalue weighted by atomic mass is 10.2. The number of ether oxygens (including phenoxy) is 2. The van der Waals surface area contributed by atoms with Crippen LogP contribution in [0.4, 0.5) is 0 Å². The molecule has 0 unspecified atom stereocenters. The summed E-state index contributed by atoms with van der Waals surface area (Å²) in [5, 5.41) is 2.94. The summed E-state index contributed by atoms with van der Waals surface area (Å²) in [4.78, 5) is 16.9. The summed E-state index contributed by atoms with van der Waals surface area (Å²) in [7, 11) is 0. The highest BCUT2D eigenvalue weighted by atomic mass is 16.5. The Morgan fingerprint density at radius 1 is 0.811 bits per heavy atom. The van der Waals surface area contributed by atoms with Crippen molar-refractivity contribution in [3.8, 4) is 11.5 Å². The zero-order valence-corrected chi connectivity index (χ0v) is 21.7. The van der Waals surface area contributed by atoms with E-state index >= 15 is 0 Å². The first-order valence-electron chi connectivity index (χ1n) is 13.3. The molecule has 194 valence electrons. The number of carbonyl (C=O) groups excluding carboxylic acids is 1. The highest BCUT2D eigenvalue weighted by Gasteiger charge is 2.10. The van der Waals surface area contributed by atoms with Crippen molar-refractivity contribution in [3.63, 3.8) is 0 Å². The first-order valence-corrected chi connectivity index (χ1v) is 13.3. The van der Waals surface area contributed by atoms with Gasteiger partial charge in [0, 0.05) is 19.5 Å². The molecule has 1 aromatic heterocycles. The monoisotopic (exact) mass is 499 g/mol. The summed E-state index contributed by atoms with van der Waals surface area (Å²) in [5.74, 6) is 2.69. The number of unbranched alkanes of at least 4 members (excludes halogenated alkanes) is 3. The third-order valence-corrected chi connectivity index (χ3v) is 6.31. The van der Waals surface area contributed by atoms with Crippen molar-refractivity contribution in [2.75, 3.05) is 19.8 Å². The first-order chi connectivity index (χ1) is 18.2. The van der Waals surface area contributed by atoms with Crippen molar-refractivity contribution in [1.82, 2.24) is 14.9 Å². The molecule has 6 nitrogen and oxygen atoms in total. The van der Waals surface area contributed by atoms with E-state index < -0.39 is 0 Å². The Morgan fingerprint density at radius 3 is 2.41 bits per heavy atom. The fraction of sp³-hybridized carbons (Fsp3) is 0.355. The minimum absolute atomic E-state index is 0.0457. The van der Waals surface area contributed by atoms with E-state index in [1.165, 1.54) is 11.1 Å². The van der Waals surface area contributed by atoms with Crippen LogP contribution in [0.1, 0.15) is 43.5 Å². The Labute approximate surface area is 219 Å². The number of nitrogens with zero attached hydrogens (tertiary/aromatic N) is 2. The van der Waals surface area contributed by atoms with Gasteiger partial charge in [-0.25, -0.2) is 4.98 Å². The highest BCUT2D eigenvalue weighted by molar-refractivity contribution is 5.77. The molecule has 4 aromatic rings. The van der Waals surface area contributed by atoms with Gasteiger partial charge in [-0.1, -0.05) is 54.4 Å². The third kappa shape index (κ3) is 8.38. The average Bonchev–Trinajstić information content (AvgIpc) is 3.28. The largest absolute Gasteiger partial charge is 0.494 e. The van der Waals surface area contributed by atoms with Crippen molar-refractivity contribution in [2.24, 2.45) is 0 Å². The molecule has 37 heavy (non-hydrogen) atoms.